The molecule has 1 atom stereocenters. The van der Waals surface area contributed by atoms with Gasteiger partial charge >= 0.3 is 0 Å². The second-order valence-electron chi connectivity index (χ2n) is 6.64. The van der Waals surface area contributed by atoms with E-state index in [1.807, 2.05) is 0 Å². The van der Waals surface area contributed by atoms with Crippen LogP contribution in [0.15, 0.2) is 34.1 Å². The summed E-state index contributed by atoms with van der Waals surface area (Å²) < 4.78 is 53.3. The number of aliphatic hydroxyl groups excluding tert-OH is 1. The summed E-state index contributed by atoms with van der Waals surface area (Å²) in [7, 11) is -7.22. The number of sulfonamides is 2. The minimum Gasteiger partial charge on any atom is -0.396 e. The minimum atomic E-state index is -3.66. The summed E-state index contributed by atoms with van der Waals surface area (Å²) in [6.45, 7) is 1.67. The molecule has 0 bridgehead atoms. The van der Waals surface area contributed by atoms with Crippen molar-refractivity contribution in [2.24, 2.45) is 5.92 Å². The van der Waals surface area contributed by atoms with Crippen LogP contribution < -0.4 is 0 Å². The standard InChI is InChI=1S/C16H24N2O5S2/c19-13-14-8-11-18(12-14)25(22,23)16-6-4-15(5-7-16)24(20,21)17-9-2-1-3-10-17/h4-7,14,19H,1-3,8-13H2. The Balaban J connectivity index is 1.80. The molecule has 0 aromatic heterocycles. The lowest BCUT2D eigenvalue weighted by Gasteiger charge is -2.26. The van der Waals surface area contributed by atoms with Crippen molar-refractivity contribution in [1.82, 2.24) is 8.61 Å². The van der Waals surface area contributed by atoms with Gasteiger partial charge in [-0.2, -0.15) is 8.61 Å². The molecule has 0 saturated carbocycles. The van der Waals surface area contributed by atoms with Crippen molar-refractivity contribution in [2.45, 2.75) is 35.5 Å². The Kier molecular flexibility index (Phi) is 5.50. The van der Waals surface area contributed by atoms with Gasteiger partial charge in [-0.15, -0.1) is 0 Å². The average Bonchev–Trinajstić information content (AvgIpc) is 3.12. The highest BCUT2D eigenvalue weighted by Gasteiger charge is 2.33. The quantitative estimate of drug-likeness (QED) is 0.807. The van der Waals surface area contributed by atoms with Crippen molar-refractivity contribution in [3.63, 3.8) is 0 Å². The van der Waals surface area contributed by atoms with Crippen molar-refractivity contribution >= 4 is 20.0 Å². The summed E-state index contributed by atoms with van der Waals surface area (Å²) in [5, 5.41) is 9.18. The maximum atomic E-state index is 12.6. The van der Waals surface area contributed by atoms with Crippen molar-refractivity contribution in [3.05, 3.63) is 24.3 Å². The molecule has 1 aromatic carbocycles. The van der Waals surface area contributed by atoms with Crippen LogP contribution in [0.5, 0.6) is 0 Å². The van der Waals surface area contributed by atoms with Crippen LogP contribution in [0.25, 0.3) is 0 Å². The SMILES string of the molecule is O=S(=O)(c1ccc(S(=O)(=O)N2CCC(CO)C2)cc1)N1CCCCC1. The first-order chi connectivity index (χ1) is 11.9. The first kappa shape index (κ1) is 18.8. The van der Waals surface area contributed by atoms with Crippen LogP contribution in [-0.2, 0) is 20.0 Å². The highest BCUT2D eigenvalue weighted by molar-refractivity contribution is 7.89. The van der Waals surface area contributed by atoms with Crippen LogP contribution in [0, 0.1) is 5.92 Å². The Labute approximate surface area is 149 Å². The largest absolute Gasteiger partial charge is 0.396 e. The third-order valence-electron chi connectivity index (χ3n) is 4.92. The fourth-order valence-electron chi connectivity index (χ4n) is 3.35. The van der Waals surface area contributed by atoms with Gasteiger partial charge in [0, 0.05) is 32.8 Å². The van der Waals surface area contributed by atoms with Crippen LogP contribution in [0.3, 0.4) is 0 Å². The summed E-state index contributed by atoms with van der Waals surface area (Å²) in [4.78, 5) is 0.215. The monoisotopic (exact) mass is 388 g/mol. The van der Waals surface area contributed by atoms with E-state index in [1.54, 1.807) is 0 Å². The van der Waals surface area contributed by atoms with Gasteiger partial charge < -0.3 is 5.11 Å². The second kappa shape index (κ2) is 7.32. The number of aliphatic hydroxyl groups is 1. The van der Waals surface area contributed by atoms with Gasteiger partial charge in [0.05, 0.1) is 9.79 Å². The first-order valence-corrected chi connectivity index (χ1v) is 11.4. The number of piperidine rings is 1. The smallest absolute Gasteiger partial charge is 0.243 e. The number of rotatable bonds is 5. The van der Waals surface area contributed by atoms with Crippen molar-refractivity contribution < 1.29 is 21.9 Å². The Bertz CT molecular complexity index is 799. The lowest BCUT2D eigenvalue weighted by atomic mass is 10.1. The van der Waals surface area contributed by atoms with Crippen molar-refractivity contribution in [2.75, 3.05) is 32.8 Å². The van der Waals surface area contributed by atoms with E-state index in [2.05, 4.69) is 0 Å². The fourth-order valence-corrected chi connectivity index (χ4v) is 6.40. The topological polar surface area (TPSA) is 95.0 Å². The Morgan fingerprint density at radius 1 is 0.840 bits per heavy atom. The second-order valence-corrected chi connectivity index (χ2v) is 10.5. The average molecular weight is 389 g/mol. The van der Waals surface area contributed by atoms with E-state index in [0.717, 1.165) is 19.3 Å². The molecule has 1 N–H and O–H groups in total. The molecule has 2 saturated heterocycles. The van der Waals surface area contributed by atoms with Gasteiger partial charge in [-0.25, -0.2) is 16.8 Å². The molecule has 140 valence electrons. The zero-order valence-electron chi connectivity index (χ0n) is 14.0. The van der Waals surface area contributed by atoms with Crippen molar-refractivity contribution in [3.8, 4) is 0 Å². The van der Waals surface area contributed by atoms with Gasteiger partial charge in [0.15, 0.2) is 0 Å². The van der Waals surface area contributed by atoms with Crippen LogP contribution >= 0.6 is 0 Å². The zero-order valence-corrected chi connectivity index (χ0v) is 15.7. The molecule has 0 radical (unpaired) electrons. The molecule has 0 aliphatic carbocycles. The summed E-state index contributed by atoms with van der Waals surface area (Å²) in [5.74, 6) is -0.0338. The van der Waals surface area contributed by atoms with Crippen LogP contribution in [0.1, 0.15) is 25.7 Å². The highest BCUT2D eigenvalue weighted by Crippen LogP contribution is 2.26. The van der Waals surface area contributed by atoms with E-state index in [-0.39, 0.29) is 22.3 Å². The van der Waals surface area contributed by atoms with E-state index in [9.17, 15) is 21.9 Å². The molecule has 1 unspecified atom stereocenters. The molecule has 9 heteroatoms. The van der Waals surface area contributed by atoms with Crippen molar-refractivity contribution in [1.29, 1.82) is 0 Å². The zero-order chi connectivity index (χ0) is 18.1. The summed E-state index contributed by atoms with van der Waals surface area (Å²) >= 11 is 0. The maximum Gasteiger partial charge on any atom is 0.243 e. The number of benzene rings is 1. The molecule has 2 aliphatic heterocycles. The number of hydrogen-bond acceptors (Lipinski definition) is 5. The van der Waals surface area contributed by atoms with Crippen LogP contribution in [0.2, 0.25) is 0 Å². The lowest BCUT2D eigenvalue weighted by Crippen LogP contribution is -2.35. The van der Waals surface area contributed by atoms with E-state index >= 15 is 0 Å². The van der Waals surface area contributed by atoms with Gasteiger partial charge in [0.2, 0.25) is 20.0 Å². The minimum absolute atomic E-state index is 0.0287. The van der Waals surface area contributed by atoms with Crippen LogP contribution in [-0.4, -0.2) is 63.3 Å². The first-order valence-electron chi connectivity index (χ1n) is 8.57. The molecule has 0 amide bonds. The third-order valence-corrected chi connectivity index (χ3v) is 8.71. The molecule has 1 aromatic rings. The summed E-state index contributed by atoms with van der Waals surface area (Å²) in [6, 6.07) is 5.46. The number of nitrogens with zero attached hydrogens (tertiary/aromatic N) is 2. The molecule has 2 heterocycles. The highest BCUT2D eigenvalue weighted by atomic mass is 32.2. The van der Waals surface area contributed by atoms with Gasteiger partial charge in [-0.3, -0.25) is 0 Å². The van der Waals surface area contributed by atoms with Gasteiger partial charge in [0.1, 0.15) is 0 Å². The molecular formula is C16H24N2O5S2. The number of hydrogen-bond donors (Lipinski definition) is 1. The molecule has 0 spiro atoms. The normalized spacial score (nSPS) is 23.8. The maximum absolute atomic E-state index is 12.6. The molecule has 7 nitrogen and oxygen atoms in total. The molecular weight excluding hydrogens is 364 g/mol. The molecule has 2 fully saturated rings. The predicted octanol–water partition coefficient (Wildman–Crippen LogP) is 0.864. The van der Waals surface area contributed by atoms with E-state index < -0.39 is 20.0 Å². The van der Waals surface area contributed by atoms with E-state index in [1.165, 1.54) is 32.9 Å². The Morgan fingerprint density at radius 2 is 1.36 bits per heavy atom. The Morgan fingerprint density at radius 3 is 1.84 bits per heavy atom. The Hall–Kier alpha value is -1.00. The fraction of sp³-hybridized carbons (Fsp3) is 0.625. The lowest BCUT2D eigenvalue weighted by molar-refractivity contribution is 0.233. The third kappa shape index (κ3) is 3.75. The molecule has 25 heavy (non-hydrogen) atoms. The van der Waals surface area contributed by atoms with E-state index in [0.29, 0.717) is 32.6 Å². The van der Waals surface area contributed by atoms with Gasteiger partial charge in [-0.05, 0) is 49.4 Å². The molecule has 2 aliphatic rings. The summed E-state index contributed by atoms with van der Waals surface area (Å²) in [6.07, 6.45) is 3.38. The van der Waals surface area contributed by atoms with E-state index in [4.69, 9.17) is 0 Å². The molecule has 3 rings (SSSR count). The van der Waals surface area contributed by atoms with Gasteiger partial charge in [0.25, 0.3) is 0 Å². The predicted molar refractivity (Wildman–Crippen MR) is 93.0 cm³/mol. The van der Waals surface area contributed by atoms with Crippen LogP contribution in [0.4, 0.5) is 0 Å². The van der Waals surface area contributed by atoms with Gasteiger partial charge in [-0.1, -0.05) is 6.42 Å². The summed E-state index contributed by atoms with van der Waals surface area (Å²) in [5.41, 5.74) is 0.